The summed E-state index contributed by atoms with van der Waals surface area (Å²) < 4.78 is 12.9. The van der Waals surface area contributed by atoms with Crippen LogP contribution in [0.1, 0.15) is 11.1 Å². The lowest BCUT2D eigenvalue weighted by molar-refractivity contribution is 0.627. The zero-order valence-electron chi connectivity index (χ0n) is 12.1. The summed E-state index contributed by atoms with van der Waals surface area (Å²) in [5, 5.41) is 9.92. The van der Waals surface area contributed by atoms with Crippen LogP contribution in [-0.2, 0) is 5.75 Å². The first-order chi connectivity index (χ1) is 11.3. The lowest BCUT2D eigenvalue weighted by atomic mass is 10.1. The summed E-state index contributed by atoms with van der Waals surface area (Å²) in [6.07, 6.45) is 3.42. The van der Waals surface area contributed by atoms with Crippen LogP contribution >= 0.6 is 11.8 Å². The molecule has 0 amide bonds. The minimum Gasteiger partial charge on any atom is -0.265 e. The molecule has 0 aliphatic heterocycles. The molecule has 23 heavy (non-hydrogen) atoms. The average molecular weight is 321 g/mol. The zero-order chi connectivity index (χ0) is 16.1. The van der Waals surface area contributed by atoms with E-state index in [2.05, 4.69) is 16.0 Å². The van der Waals surface area contributed by atoms with E-state index >= 15 is 0 Å². The largest absolute Gasteiger partial charge is 0.265 e. The van der Waals surface area contributed by atoms with Gasteiger partial charge in [-0.3, -0.25) is 4.98 Å². The molecule has 0 saturated carbocycles. The summed E-state index contributed by atoms with van der Waals surface area (Å²) in [4.78, 5) is 8.58. The standard InChI is InChI=1S/C18H12FN3S/c19-16-4-1-13(2-5-16)12-23-18-15(11-20)3-6-17(22-18)14-7-9-21-10-8-14/h1-10H,12H2. The summed E-state index contributed by atoms with van der Waals surface area (Å²) in [6.45, 7) is 0. The number of hydrogen-bond acceptors (Lipinski definition) is 4. The molecule has 1 aromatic carbocycles. The summed E-state index contributed by atoms with van der Waals surface area (Å²) in [7, 11) is 0. The first-order valence-electron chi connectivity index (χ1n) is 6.95. The fraction of sp³-hybridized carbons (Fsp3) is 0.0556. The van der Waals surface area contributed by atoms with Gasteiger partial charge in [0.2, 0.25) is 0 Å². The number of aromatic nitrogens is 2. The molecule has 0 radical (unpaired) electrons. The molecule has 5 heteroatoms. The Balaban J connectivity index is 1.85. The van der Waals surface area contributed by atoms with E-state index in [1.54, 1.807) is 30.6 Å². The van der Waals surface area contributed by atoms with Crippen molar-refractivity contribution in [3.8, 4) is 17.3 Å². The topological polar surface area (TPSA) is 49.6 Å². The van der Waals surface area contributed by atoms with Crippen LogP contribution in [0.3, 0.4) is 0 Å². The van der Waals surface area contributed by atoms with Crippen LogP contribution < -0.4 is 0 Å². The highest BCUT2D eigenvalue weighted by atomic mass is 32.2. The third-order valence-electron chi connectivity index (χ3n) is 3.25. The Morgan fingerprint density at radius 1 is 1.00 bits per heavy atom. The van der Waals surface area contributed by atoms with E-state index in [9.17, 15) is 9.65 Å². The molecule has 0 fully saturated rings. The highest BCUT2D eigenvalue weighted by molar-refractivity contribution is 7.98. The highest BCUT2D eigenvalue weighted by Gasteiger charge is 2.08. The van der Waals surface area contributed by atoms with Crippen molar-refractivity contribution in [2.45, 2.75) is 10.8 Å². The van der Waals surface area contributed by atoms with Crippen molar-refractivity contribution in [2.24, 2.45) is 0 Å². The molecule has 112 valence electrons. The molecule has 0 unspecified atom stereocenters. The number of benzene rings is 1. The molecular formula is C18H12FN3S. The Morgan fingerprint density at radius 2 is 1.74 bits per heavy atom. The SMILES string of the molecule is N#Cc1ccc(-c2ccncc2)nc1SCc1ccc(F)cc1. The van der Waals surface area contributed by atoms with Crippen molar-refractivity contribution in [1.29, 1.82) is 5.26 Å². The smallest absolute Gasteiger partial charge is 0.123 e. The predicted octanol–water partition coefficient (Wildman–Crippen LogP) is 4.45. The number of nitriles is 1. The molecular weight excluding hydrogens is 309 g/mol. The number of hydrogen-bond donors (Lipinski definition) is 0. The maximum Gasteiger partial charge on any atom is 0.123 e. The highest BCUT2D eigenvalue weighted by Crippen LogP contribution is 2.27. The maximum absolute atomic E-state index is 12.9. The predicted molar refractivity (Wildman–Crippen MR) is 88.1 cm³/mol. The minimum absolute atomic E-state index is 0.255. The Hall–Kier alpha value is -2.71. The van der Waals surface area contributed by atoms with Gasteiger partial charge in [-0.05, 0) is 42.0 Å². The zero-order valence-corrected chi connectivity index (χ0v) is 12.9. The van der Waals surface area contributed by atoms with Gasteiger partial charge in [0.05, 0.1) is 11.3 Å². The summed E-state index contributed by atoms with van der Waals surface area (Å²) in [5.74, 6) is 0.371. The van der Waals surface area contributed by atoms with Crippen molar-refractivity contribution in [3.05, 3.63) is 77.9 Å². The van der Waals surface area contributed by atoms with Gasteiger partial charge < -0.3 is 0 Å². The second-order valence-corrected chi connectivity index (χ2v) is 5.78. The Labute approximate surface area is 137 Å². The van der Waals surface area contributed by atoms with Gasteiger partial charge in [-0.1, -0.05) is 12.1 Å². The van der Waals surface area contributed by atoms with E-state index in [1.807, 2.05) is 18.2 Å². The van der Waals surface area contributed by atoms with Gasteiger partial charge in [-0.25, -0.2) is 9.37 Å². The molecule has 2 heterocycles. The second kappa shape index (κ2) is 7.03. The van der Waals surface area contributed by atoms with Crippen LogP contribution in [0.25, 0.3) is 11.3 Å². The van der Waals surface area contributed by atoms with Crippen LogP contribution in [0.5, 0.6) is 0 Å². The van der Waals surface area contributed by atoms with Gasteiger partial charge >= 0.3 is 0 Å². The van der Waals surface area contributed by atoms with Crippen LogP contribution in [0, 0.1) is 17.1 Å². The van der Waals surface area contributed by atoms with E-state index in [4.69, 9.17) is 0 Å². The fourth-order valence-electron chi connectivity index (χ4n) is 2.05. The molecule has 0 aliphatic carbocycles. The Morgan fingerprint density at radius 3 is 2.43 bits per heavy atom. The lowest BCUT2D eigenvalue weighted by Gasteiger charge is -2.07. The van der Waals surface area contributed by atoms with E-state index in [1.165, 1.54) is 23.9 Å². The third kappa shape index (κ3) is 3.74. The van der Waals surface area contributed by atoms with Gasteiger partial charge in [0.15, 0.2) is 0 Å². The van der Waals surface area contributed by atoms with Crippen LogP contribution in [-0.4, -0.2) is 9.97 Å². The number of halogens is 1. The molecule has 0 aliphatic rings. The normalized spacial score (nSPS) is 10.3. The molecule has 3 aromatic rings. The molecule has 3 nitrogen and oxygen atoms in total. The molecule has 0 saturated heterocycles. The van der Waals surface area contributed by atoms with E-state index < -0.39 is 0 Å². The van der Waals surface area contributed by atoms with Crippen molar-refractivity contribution in [3.63, 3.8) is 0 Å². The van der Waals surface area contributed by atoms with Crippen LogP contribution in [0.4, 0.5) is 4.39 Å². The molecule has 0 atom stereocenters. The number of thioether (sulfide) groups is 1. The third-order valence-corrected chi connectivity index (χ3v) is 4.31. The molecule has 3 rings (SSSR count). The first kappa shape index (κ1) is 15.2. The molecule has 2 aromatic heterocycles. The molecule has 0 N–H and O–H groups in total. The second-order valence-electron chi connectivity index (χ2n) is 4.81. The first-order valence-corrected chi connectivity index (χ1v) is 7.93. The number of rotatable bonds is 4. The minimum atomic E-state index is -0.255. The van der Waals surface area contributed by atoms with Gasteiger partial charge in [0.25, 0.3) is 0 Å². The molecule has 0 spiro atoms. The van der Waals surface area contributed by atoms with Gasteiger partial charge in [-0.2, -0.15) is 5.26 Å². The van der Waals surface area contributed by atoms with Crippen molar-refractivity contribution in [2.75, 3.05) is 0 Å². The maximum atomic E-state index is 12.9. The monoisotopic (exact) mass is 321 g/mol. The van der Waals surface area contributed by atoms with Crippen molar-refractivity contribution in [1.82, 2.24) is 9.97 Å². The van der Waals surface area contributed by atoms with Gasteiger partial charge in [0.1, 0.15) is 16.9 Å². The van der Waals surface area contributed by atoms with Gasteiger partial charge in [-0.15, -0.1) is 11.8 Å². The quantitative estimate of drug-likeness (QED) is 0.666. The molecule has 0 bridgehead atoms. The van der Waals surface area contributed by atoms with E-state index in [0.29, 0.717) is 16.3 Å². The summed E-state index contributed by atoms with van der Waals surface area (Å²) >= 11 is 1.47. The van der Waals surface area contributed by atoms with Crippen LogP contribution in [0.2, 0.25) is 0 Å². The Kier molecular flexibility index (Phi) is 4.65. The fourth-order valence-corrected chi connectivity index (χ4v) is 2.98. The van der Waals surface area contributed by atoms with E-state index in [-0.39, 0.29) is 5.82 Å². The van der Waals surface area contributed by atoms with Crippen molar-refractivity contribution < 1.29 is 4.39 Å². The van der Waals surface area contributed by atoms with Crippen LogP contribution in [0.15, 0.2) is 66.0 Å². The van der Waals surface area contributed by atoms with Crippen molar-refractivity contribution >= 4 is 11.8 Å². The summed E-state index contributed by atoms with van der Waals surface area (Å²) in [6, 6.07) is 15.9. The summed E-state index contributed by atoms with van der Waals surface area (Å²) in [5.41, 5.74) is 3.27. The lowest BCUT2D eigenvalue weighted by Crippen LogP contribution is -1.92. The Bertz CT molecular complexity index is 842. The van der Waals surface area contributed by atoms with Gasteiger partial charge in [0, 0.05) is 23.7 Å². The number of pyridine rings is 2. The number of nitrogens with zero attached hydrogens (tertiary/aromatic N) is 3. The average Bonchev–Trinajstić information content (AvgIpc) is 2.62. The van der Waals surface area contributed by atoms with E-state index in [0.717, 1.165) is 16.8 Å².